The summed E-state index contributed by atoms with van der Waals surface area (Å²) in [4.78, 5) is 33.2. The monoisotopic (exact) mass is 518 g/mol. The van der Waals surface area contributed by atoms with Crippen LogP contribution in [0.1, 0.15) is 21.5 Å². The van der Waals surface area contributed by atoms with Gasteiger partial charge >= 0.3 is 0 Å². The molecule has 194 valence electrons. The van der Waals surface area contributed by atoms with Crippen molar-refractivity contribution < 1.29 is 9.53 Å². The molecule has 39 heavy (non-hydrogen) atoms. The first-order valence-corrected chi connectivity index (χ1v) is 13.0. The average Bonchev–Trinajstić information content (AvgIpc) is 3.31. The van der Waals surface area contributed by atoms with E-state index in [0.717, 1.165) is 46.5 Å². The van der Waals surface area contributed by atoms with E-state index in [0.29, 0.717) is 37.0 Å². The topological polar surface area (TPSA) is 94.3 Å². The lowest BCUT2D eigenvalue weighted by Gasteiger charge is -2.31. The van der Waals surface area contributed by atoms with Crippen molar-refractivity contribution in [3.63, 3.8) is 0 Å². The summed E-state index contributed by atoms with van der Waals surface area (Å²) < 4.78 is 9.10. The Labute approximate surface area is 224 Å². The number of imidazole rings is 1. The van der Waals surface area contributed by atoms with E-state index in [1.807, 2.05) is 41.0 Å². The number of benzene rings is 3. The minimum Gasteiger partial charge on any atom is -0.378 e. The molecule has 0 unspecified atom stereocenters. The van der Waals surface area contributed by atoms with Gasteiger partial charge in [-0.05, 0) is 53.6 Å². The number of carbonyl (C=O) groups is 1. The maximum atomic E-state index is 13.4. The van der Waals surface area contributed by atoms with Gasteiger partial charge in [0.05, 0.1) is 43.0 Å². The molecule has 1 N–H and O–H groups in total. The molecule has 0 radical (unpaired) electrons. The van der Waals surface area contributed by atoms with Gasteiger partial charge in [0.25, 0.3) is 11.5 Å². The van der Waals surface area contributed by atoms with Crippen LogP contribution >= 0.6 is 0 Å². The minimum absolute atomic E-state index is 0.199. The first kappa shape index (κ1) is 23.4. The highest BCUT2D eigenvalue weighted by molar-refractivity contribution is 6.04. The van der Waals surface area contributed by atoms with Crippen LogP contribution in [0.3, 0.4) is 0 Å². The highest BCUT2D eigenvalue weighted by atomic mass is 16.5. The van der Waals surface area contributed by atoms with Gasteiger partial charge in [-0.2, -0.15) is 5.10 Å². The fourth-order valence-electron chi connectivity index (χ4n) is 5.36. The Kier molecular flexibility index (Phi) is 5.70. The van der Waals surface area contributed by atoms with Crippen LogP contribution in [0.5, 0.6) is 0 Å². The molecule has 4 heterocycles. The summed E-state index contributed by atoms with van der Waals surface area (Å²) in [7, 11) is 0. The van der Waals surface area contributed by atoms with E-state index in [-0.39, 0.29) is 18.0 Å². The first-order valence-electron chi connectivity index (χ1n) is 13.0. The maximum Gasteiger partial charge on any atom is 0.267 e. The van der Waals surface area contributed by atoms with Crippen LogP contribution in [0.4, 0.5) is 11.6 Å². The molecule has 5 aromatic rings. The highest BCUT2D eigenvalue weighted by Gasteiger charge is 2.21. The normalized spacial score (nSPS) is 15.3. The average molecular weight is 519 g/mol. The van der Waals surface area contributed by atoms with Crippen molar-refractivity contribution >= 4 is 28.6 Å². The lowest BCUT2D eigenvalue weighted by atomic mass is 10.0. The maximum absolute atomic E-state index is 13.4. The molecule has 1 amide bonds. The summed E-state index contributed by atoms with van der Waals surface area (Å²) in [5.74, 6) is 0.217. The van der Waals surface area contributed by atoms with Gasteiger partial charge in [-0.1, -0.05) is 30.3 Å². The first-order chi connectivity index (χ1) is 19.1. The summed E-state index contributed by atoms with van der Waals surface area (Å²) in [6.45, 7) is 3.66. The zero-order valence-corrected chi connectivity index (χ0v) is 21.2. The van der Waals surface area contributed by atoms with Gasteiger partial charge in [-0.25, -0.2) is 9.67 Å². The van der Waals surface area contributed by atoms with E-state index in [4.69, 9.17) is 14.8 Å². The van der Waals surface area contributed by atoms with E-state index in [1.54, 1.807) is 24.3 Å². The summed E-state index contributed by atoms with van der Waals surface area (Å²) >= 11 is 0. The number of carbonyl (C=O) groups excluding carboxylic acids is 1. The van der Waals surface area contributed by atoms with Gasteiger partial charge in [0.2, 0.25) is 5.95 Å². The van der Waals surface area contributed by atoms with Gasteiger partial charge in [0.1, 0.15) is 0 Å². The molecule has 9 heteroatoms. The van der Waals surface area contributed by atoms with E-state index >= 15 is 0 Å². The number of ether oxygens (including phenoxy) is 1. The summed E-state index contributed by atoms with van der Waals surface area (Å²) in [6.07, 6.45) is 0. The van der Waals surface area contributed by atoms with Gasteiger partial charge in [0, 0.05) is 36.0 Å². The van der Waals surface area contributed by atoms with Crippen LogP contribution in [-0.2, 0) is 17.8 Å². The predicted octanol–water partition coefficient (Wildman–Crippen LogP) is 3.76. The number of amides is 1. The molecule has 0 saturated carbocycles. The predicted molar refractivity (Wildman–Crippen MR) is 149 cm³/mol. The fourth-order valence-corrected chi connectivity index (χ4v) is 5.36. The van der Waals surface area contributed by atoms with Gasteiger partial charge in [-0.15, -0.1) is 0 Å². The van der Waals surface area contributed by atoms with Crippen LogP contribution in [0.2, 0.25) is 0 Å². The molecular weight excluding hydrogens is 492 g/mol. The fraction of sp³-hybridized carbons (Fsp3) is 0.200. The van der Waals surface area contributed by atoms with Crippen molar-refractivity contribution in [2.75, 3.05) is 36.5 Å². The second-order valence-electron chi connectivity index (χ2n) is 9.82. The van der Waals surface area contributed by atoms with Gasteiger partial charge in [-0.3, -0.25) is 14.9 Å². The number of morpholine rings is 1. The number of para-hydroxylation sites is 2. The van der Waals surface area contributed by atoms with E-state index in [2.05, 4.69) is 28.4 Å². The lowest BCUT2D eigenvalue weighted by Crippen LogP contribution is -2.37. The zero-order chi connectivity index (χ0) is 26.3. The molecule has 2 aromatic heterocycles. The van der Waals surface area contributed by atoms with Crippen molar-refractivity contribution in [3.8, 4) is 11.3 Å². The van der Waals surface area contributed by atoms with Crippen LogP contribution < -0.4 is 15.8 Å². The molecule has 7 rings (SSSR count). The van der Waals surface area contributed by atoms with Crippen LogP contribution in [0, 0.1) is 0 Å². The Morgan fingerprint density at radius 1 is 0.821 bits per heavy atom. The number of hydrogen-bond donors (Lipinski definition) is 1. The Bertz CT molecular complexity index is 1780. The van der Waals surface area contributed by atoms with Gasteiger partial charge in [0.15, 0.2) is 0 Å². The van der Waals surface area contributed by atoms with Crippen molar-refractivity contribution in [1.82, 2.24) is 19.3 Å². The van der Waals surface area contributed by atoms with Crippen molar-refractivity contribution in [2.24, 2.45) is 0 Å². The molecule has 0 aliphatic carbocycles. The minimum atomic E-state index is -0.264. The van der Waals surface area contributed by atoms with Crippen molar-refractivity contribution in [2.45, 2.75) is 13.1 Å². The van der Waals surface area contributed by atoms with E-state index in [9.17, 15) is 9.59 Å². The van der Waals surface area contributed by atoms with E-state index in [1.165, 1.54) is 4.68 Å². The molecule has 2 aliphatic heterocycles. The molecule has 1 fully saturated rings. The number of anilines is 2. The van der Waals surface area contributed by atoms with Crippen molar-refractivity contribution in [3.05, 3.63) is 106 Å². The molecule has 0 spiro atoms. The number of rotatable bonds is 1. The summed E-state index contributed by atoms with van der Waals surface area (Å²) in [6, 6.07) is 24.8. The zero-order valence-electron chi connectivity index (χ0n) is 21.2. The Balaban J connectivity index is 1.46. The smallest absolute Gasteiger partial charge is 0.267 e. The number of fused-ring (bicyclic) bond motifs is 10. The second kappa shape index (κ2) is 9.52. The summed E-state index contributed by atoms with van der Waals surface area (Å²) in [5, 5.41) is 7.75. The molecule has 6 bridgehead atoms. The van der Waals surface area contributed by atoms with Gasteiger partial charge < -0.3 is 14.2 Å². The summed E-state index contributed by atoms with van der Waals surface area (Å²) in [5.41, 5.74) is 6.60. The SMILES string of the molecule is O=C1Nc2nc3ccccc3n2Cc2cc(ccc2N2CCOCC2)-c2ccc(=O)n(n2)Cc2cccc1c2. The molecule has 3 aromatic carbocycles. The molecule has 9 nitrogen and oxygen atoms in total. The quantitative estimate of drug-likeness (QED) is 0.363. The van der Waals surface area contributed by atoms with Crippen LogP contribution in [0.15, 0.2) is 83.7 Å². The number of aromatic nitrogens is 4. The molecular formula is C30H26N6O3. The third kappa shape index (κ3) is 4.36. The van der Waals surface area contributed by atoms with Crippen LogP contribution in [0.25, 0.3) is 22.3 Å². The Hall–Kier alpha value is -4.76. The number of hydrogen-bond acceptors (Lipinski definition) is 6. The molecule has 1 saturated heterocycles. The third-order valence-electron chi connectivity index (χ3n) is 7.32. The largest absolute Gasteiger partial charge is 0.378 e. The highest BCUT2D eigenvalue weighted by Crippen LogP contribution is 2.31. The standard InChI is InChI=1S/C30H26N6O3/c37-28-11-9-24-21-8-10-26(34-12-14-39-15-13-34)23(17-21)19-35-27-7-2-1-6-25(27)31-30(35)32-29(38)22-5-3-4-20(16-22)18-36(28)33-24/h1-11,16-17H,12-15,18-19H2,(H,31,32,38). The third-order valence-corrected chi connectivity index (χ3v) is 7.32. The van der Waals surface area contributed by atoms with Crippen molar-refractivity contribution in [1.29, 1.82) is 0 Å². The second-order valence-corrected chi connectivity index (χ2v) is 9.82. The molecule has 2 aliphatic rings. The number of nitrogens with one attached hydrogen (secondary N) is 1. The number of nitrogens with zero attached hydrogens (tertiary/aromatic N) is 5. The Morgan fingerprint density at radius 3 is 2.59 bits per heavy atom. The van der Waals surface area contributed by atoms with Crippen LogP contribution in [-0.4, -0.2) is 51.5 Å². The molecule has 0 atom stereocenters. The van der Waals surface area contributed by atoms with E-state index < -0.39 is 0 Å². The lowest BCUT2D eigenvalue weighted by molar-refractivity contribution is 0.102. The Morgan fingerprint density at radius 2 is 1.69 bits per heavy atom.